The Morgan fingerprint density at radius 3 is 2.94 bits per heavy atom. The summed E-state index contributed by atoms with van der Waals surface area (Å²) in [6, 6.07) is 4.90. The van der Waals surface area contributed by atoms with Gasteiger partial charge in [0, 0.05) is 19.3 Å². The first-order chi connectivity index (χ1) is 8.85. The first-order valence-corrected chi connectivity index (χ1v) is 7.23. The highest BCUT2D eigenvalue weighted by atomic mass is 15.2. The van der Waals surface area contributed by atoms with Crippen molar-refractivity contribution >= 4 is 5.82 Å². The van der Waals surface area contributed by atoms with E-state index in [9.17, 15) is 0 Å². The second kappa shape index (κ2) is 6.74. The lowest BCUT2D eigenvalue weighted by Crippen LogP contribution is -2.34. The second-order valence-electron chi connectivity index (χ2n) is 5.13. The Hall–Kier alpha value is -1.09. The number of rotatable bonds is 5. The molecule has 1 aliphatic rings. The molecule has 0 radical (unpaired) electrons. The van der Waals surface area contributed by atoms with E-state index in [1.165, 1.54) is 50.8 Å². The fourth-order valence-electron chi connectivity index (χ4n) is 2.75. The van der Waals surface area contributed by atoms with Gasteiger partial charge in [-0.25, -0.2) is 4.98 Å². The molecule has 0 amide bonds. The monoisotopic (exact) mass is 247 g/mol. The summed E-state index contributed by atoms with van der Waals surface area (Å²) in [5.41, 5.74) is 1.38. The molecule has 0 saturated carbocycles. The van der Waals surface area contributed by atoms with Gasteiger partial charge in [-0.15, -0.1) is 0 Å². The fourth-order valence-corrected chi connectivity index (χ4v) is 2.75. The van der Waals surface area contributed by atoms with Crippen LogP contribution in [-0.4, -0.2) is 30.0 Å². The SMILES string of the molecule is CCCCN1CCCCC1c1ccc(NC)nc1. The van der Waals surface area contributed by atoms with Crippen molar-refractivity contribution in [2.75, 3.05) is 25.5 Å². The number of aromatic nitrogens is 1. The molecule has 1 unspecified atom stereocenters. The Bertz CT molecular complexity index is 347. The number of unbranched alkanes of at least 4 members (excludes halogenated alkanes) is 1. The molecule has 3 nitrogen and oxygen atoms in total. The van der Waals surface area contributed by atoms with Crippen LogP contribution in [0.25, 0.3) is 0 Å². The molecule has 3 heteroatoms. The molecule has 1 aliphatic heterocycles. The van der Waals surface area contributed by atoms with E-state index in [0.717, 1.165) is 5.82 Å². The third kappa shape index (κ3) is 3.22. The lowest BCUT2D eigenvalue weighted by Gasteiger charge is -2.35. The van der Waals surface area contributed by atoms with Gasteiger partial charge >= 0.3 is 0 Å². The van der Waals surface area contributed by atoms with Crippen molar-refractivity contribution in [3.63, 3.8) is 0 Å². The van der Waals surface area contributed by atoms with Crippen molar-refractivity contribution in [3.8, 4) is 0 Å². The van der Waals surface area contributed by atoms with Crippen molar-refractivity contribution in [3.05, 3.63) is 23.9 Å². The number of hydrogen-bond donors (Lipinski definition) is 1. The average Bonchev–Trinajstić information content (AvgIpc) is 2.45. The largest absolute Gasteiger partial charge is 0.373 e. The van der Waals surface area contributed by atoms with E-state index in [1.807, 2.05) is 13.2 Å². The highest BCUT2D eigenvalue weighted by Gasteiger charge is 2.23. The maximum Gasteiger partial charge on any atom is 0.125 e. The normalized spacial score (nSPS) is 20.9. The van der Waals surface area contributed by atoms with E-state index < -0.39 is 0 Å². The third-order valence-electron chi connectivity index (χ3n) is 3.84. The number of nitrogens with zero attached hydrogens (tertiary/aromatic N) is 2. The third-order valence-corrected chi connectivity index (χ3v) is 3.84. The predicted molar refractivity (Wildman–Crippen MR) is 76.9 cm³/mol. The molecule has 100 valence electrons. The molecule has 1 aromatic heterocycles. The Morgan fingerprint density at radius 2 is 2.28 bits per heavy atom. The number of likely N-dealkylation sites (tertiary alicyclic amines) is 1. The van der Waals surface area contributed by atoms with E-state index in [-0.39, 0.29) is 0 Å². The molecule has 0 spiro atoms. The molecule has 1 aromatic rings. The molecule has 2 rings (SSSR count). The Kier molecular flexibility index (Phi) is 5.00. The van der Waals surface area contributed by atoms with Gasteiger partial charge < -0.3 is 5.32 Å². The van der Waals surface area contributed by atoms with Crippen molar-refractivity contribution in [2.45, 2.75) is 45.1 Å². The molecule has 18 heavy (non-hydrogen) atoms. The van der Waals surface area contributed by atoms with Gasteiger partial charge in [-0.2, -0.15) is 0 Å². The standard InChI is InChI=1S/C15H25N3/c1-3-4-10-18-11-6-5-7-14(18)13-8-9-15(16-2)17-12-13/h8-9,12,14H,3-7,10-11H2,1-2H3,(H,16,17). The van der Waals surface area contributed by atoms with Gasteiger partial charge in [0.25, 0.3) is 0 Å². The minimum absolute atomic E-state index is 0.587. The highest BCUT2D eigenvalue weighted by molar-refractivity contribution is 5.35. The van der Waals surface area contributed by atoms with Gasteiger partial charge in [0.1, 0.15) is 5.82 Å². The Morgan fingerprint density at radius 1 is 1.39 bits per heavy atom. The summed E-state index contributed by atoms with van der Waals surface area (Å²) >= 11 is 0. The molecule has 1 atom stereocenters. The maximum atomic E-state index is 4.45. The van der Waals surface area contributed by atoms with Crippen LogP contribution in [0.2, 0.25) is 0 Å². The van der Waals surface area contributed by atoms with Gasteiger partial charge in [0.15, 0.2) is 0 Å². The fraction of sp³-hybridized carbons (Fsp3) is 0.667. The summed E-state index contributed by atoms with van der Waals surface area (Å²) in [5, 5.41) is 3.08. The predicted octanol–water partition coefficient (Wildman–Crippen LogP) is 3.45. The van der Waals surface area contributed by atoms with Crippen LogP contribution >= 0.6 is 0 Å². The molecule has 2 heterocycles. The quantitative estimate of drug-likeness (QED) is 0.863. The van der Waals surface area contributed by atoms with Gasteiger partial charge in [-0.05, 0) is 44.0 Å². The van der Waals surface area contributed by atoms with E-state index in [2.05, 4.69) is 34.3 Å². The summed E-state index contributed by atoms with van der Waals surface area (Å²) in [5.74, 6) is 0.953. The summed E-state index contributed by atoms with van der Waals surface area (Å²) in [6.45, 7) is 4.75. The van der Waals surface area contributed by atoms with Crippen LogP contribution in [0.1, 0.15) is 50.6 Å². The lowest BCUT2D eigenvalue weighted by molar-refractivity contribution is 0.146. The smallest absolute Gasteiger partial charge is 0.125 e. The molecule has 1 saturated heterocycles. The van der Waals surface area contributed by atoms with E-state index in [4.69, 9.17) is 0 Å². The summed E-state index contributed by atoms with van der Waals surface area (Å²) in [4.78, 5) is 7.09. The minimum atomic E-state index is 0.587. The molecule has 0 aliphatic carbocycles. The molecule has 0 aromatic carbocycles. The minimum Gasteiger partial charge on any atom is -0.373 e. The summed E-state index contributed by atoms with van der Waals surface area (Å²) < 4.78 is 0. The molecular formula is C15H25N3. The van der Waals surface area contributed by atoms with Crippen LogP contribution in [0.5, 0.6) is 0 Å². The second-order valence-corrected chi connectivity index (χ2v) is 5.13. The Labute approximate surface area is 111 Å². The van der Waals surface area contributed by atoms with Gasteiger partial charge in [-0.3, -0.25) is 4.90 Å². The van der Waals surface area contributed by atoms with Crippen LogP contribution in [0.4, 0.5) is 5.82 Å². The number of nitrogens with one attached hydrogen (secondary N) is 1. The molecular weight excluding hydrogens is 222 g/mol. The van der Waals surface area contributed by atoms with Crippen LogP contribution in [0.3, 0.4) is 0 Å². The molecule has 0 bridgehead atoms. The summed E-state index contributed by atoms with van der Waals surface area (Å²) in [7, 11) is 1.91. The van der Waals surface area contributed by atoms with Gasteiger partial charge in [0.2, 0.25) is 0 Å². The number of pyridine rings is 1. The summed E-state index contributed by atoms with van der Waals surface area (Å²) in [6.07, 6.45) is 8.60. The average molecular weight is 247 g/mol. The topological polar surface area (TPSA) is 28.2 Å². The molecule has 1 N–H and O–H groups in total. The Balaban J connectivity index is 2.06. The first-order valence-electron chi connectivity index (χ1n) is 7.23. The highest BCUT2D eigenvalue weighted by Crippen LogP contribution is 2.30. The number of hydrogen-bond acceptors (Lipinski definition) is 3. The number of piperidine rings is 1. The van der Waals surface area contributed by atoms with E-state index >= 15 is 0 Å². The van der Waals surface area contributed by atoms with Crippen LogP contribution in [-0.2, 0) is 0 Å². The maximum absolute atomic E-state index is 4.45. The van der Waals surface area contributed by atoms with Crippen LogP contribution < -0.4 is 5.32 Å². The number of anilines is 1. The zero-order chi connectivity index (χ0) is 12.8. The van der Waals surface area contributed by atoms with Crippen LogP contribution in [0.15, 0.2) is 18.3 Å². The van der Waals surface area contributed by atoms with Crippen molar-refractivity contribution in [1.82, 2.24) is 9.88 Å². The zero-order valence-electron chi connectivity index (χ0n) is 11.7. The van der Waals surface area contributed by atoms with Crippen molar-refractivity contribution in [1.29, 1.82) is 0 Å². The van der Waals surface area contributed by atoms with Crippen LogP contribution in [0, 0.1) is 0 Å². The lowest BCUT2D eigenvalue weighted by atomic mass is 9.96. The van der Waals surface area contributed by atoms with Crippen molar-refractivity contribution < 1.29 is 0 Å². The van der Waals surface area contributed by atoms with Gasteiger partial charge in [-0.1, -0.05) is 25.8 Å². The zero-order valence-corrected chi connectivity index (χ0v) is 11.7. The molecule has 1 fully saturated rings. The van der Waals surface area contributed by atoms with Gasteiger partial charge in [0.05, 0.1) is 0 Å². The first kappa shape index (κ1) is 13.3. The van der Waals surface area contributed by atoms with Crippen molar-refractivity contribution in [2.24, 2.45) is 0 Å². The van der Waals surface area contributed by atoms with E-state index in [1.54, 1.807) is 0 Å². The van der Waals surface area contributed by atoms with E-state index in [0.29, 0.717) is 6.04 Å².